The smallest absolute Gasteiger partial charge is 0.253 e. The summed E-state index contributed by atoms with van der Waals surface area (Å²) < 4.78 is 31.3. The Kier molecular flexibility index (Phi) is 6.37. The standard InChI is InChI=1S/C22H23NO4S/c1-2-3-17-27-19-9-11-20(12-10-19)28(25,26)21-13-15-23(16-14-21)22(24)18-7-5-4-6-8-18/h4-12,21H,13-17H2,1H3. The van der Waals surface area contributed by atoms with Crippen molar-refractivity contribution >= 4 is 15.7 Å². The molecule has 1 fully saturated rings. The zero-order valence-electron chi connectivity index (χ0n) is 15.8. The van der Waals surface area contributed by atoms with E-state index in [0.29, 0.717) is 37.2 Å². The van der Waals surface area contributed by atoms with Gasteiger partial charge in [0.1, 0.15) is 12.4 Å². The molecule has 0 N–H and O–H groups in total. The molecule has 0 aromatic heterocycles. The Balaban J connectivity index is 1.62. The van der Waals surface area contributed by atoms with Gasteiger partial charge >= 0.3 is 0 Å². The highest BCUT2D eigenvalue weighted by Gasteiger charge is 2.32. The second-order valence-electron chi connectivity index (χ2n) is 6.59. The van der Waals surface area contributed by atoms with Crippen molar-refractivity contribution in [1.29, 1.82) is 0 Å². The van der Waals surface area contributed by atoms with Crippen LogP contribution in [-0.2, 0) is 9.84 Å². The molecule has 2 aromatic rings. The number of ether oxygens (including phenoxy) is 1. The lowest BCUT2D eigenvalue weighted by atomic mass is 10.1. The van der Waals surface area contributed by atoms with E-state index in [1.807, 2.05) is 18.2 Å². The van der Waals surface area contributed by atoms with Crippen LogP contribution < -0.4 is 4.74 Å². The Bertz CT molecular complexity index is 965. The van der Waals surface area contributed by atoms with Gasteiger partial charge in [0.15, 0.2) is 9.84 Å². The minimum atomic E-state index is -3.44. The van der Waals surface area contributed by atoms with Crippen LogP contribution in [-0.4, -0.2) is 44.2 Å². The summed E-state index contributed by atoms with van der Waals surface area (Å²) in [4.78, 5) is 14.5. The summed E-state index contributed by atoms with van der Waals surface area (Å²) in [6.07, 6.45) is 0.872. The average molecular weight is 397 g/mol. The van der Waals surface area contributed by atoms with Gasteiger partial charge in [0.05, 0.1) is 10.1 Å². The number of rotatable bonds is 5. The molecule has 0 spiro atoms. The minimum absolute atomic E-state index is 0.0480. The largest absolute Gasteiger partial charge is 0.481 e. The molecular formula is C22H23NO4S. The van der Waals surface area contributed by atoms with Crippen LogP contribution >= 0.6 is 0 Å². The molecule has 1 heterocycles. The Morgan fingerprint density at radius 2 is 1.71 bits per heavy atom. The van der Waals surface area contributed by atoms with Gasteiger partial charge in [-0.25, -0.2) is 8.42 Å². The first kappa shape index (κ1) is 20.0. The van der Waals surface area contributed by atoms with Gasteiger partial charge in [0, 0.05) is 18.7 Å². The third-order valence-corrected chi connectivity index (χ3v) is 7.11. The van der Waals surface area contributed by atoms with Gasteiger partial charge in [-0.15, -0.1) is 5.92 Å². The normalized spacial score (nSPS) is 14.8. The molecule has 2 aromatic carbocycles. The van der Waals surface area contributed by atoms with Gasteiger partial charge in [-0.05, 0) is 56.2 Å². The summed E-state index contributed by atoms with van der Waals surface area (Å²) in [5, 5.41) is -0.481. The van der Waals surface area contributed by atoms with Gasteiger partial charge in [-0.1, -0.05) is 24.1 Å². The van der Waals surface area contributed by atoms with E-state index in [9.17, 15) is 13.2 Å². The molecule has 6 heteroatoms. The highest BCUT2D eigenvalue weighted by atomic mass is 32.2. The maximum Gasteiger partial charge on any atom is 0.253 e. The summed E-state index contributed by atoms with van der Waals surface area (Å²) in [5.74, 6) is 6.08. The molecule has 146 valence electrons. The molecule has 1 aliphatic rings. The first-order valence-electron chi connectivity index (χ1n) is 9.23. The van der Waals surface area contributed by atoms with Gasteiger partial charge in [0.25, 0.3) is 5.91 Å². The van der Waals surface area contributed by atoms with Gasteiger partial charge in [-0.2, -0.15) is 0 Å². The fourth-order valence-corrected chi connectivity index (χ4v) is 4.97. The minimum Gasteiger partial charge on any atom is -0.481 e. The van der Waals surface area contributed by atoms with E-state index in [1.54, 1.807) is 48.2 Å². The number of nitrogens with zero attached hydrogens (tertiary/aromatic N) is 1. The van der Waals surface area contributed by atoms with E-state index in [0.717, 1.165) is 0 Å². The third-order valence-electron chi connectivity index (χ3n) is 4.83. The lowest BCUT2D eigenvalue weighted by Crippen LogP contribution is -2.42. The second-order valence-corrected chi connectivity index (χ2v) is 8.82. The topological polar surface area (TPSA) is 63.7 Å². The van der Waals surface area contributed by atoms with Gasteiger partial charge in [0.2, 0.25) is 0 Å². The van der Waals surface area contributed by atoms with Crippen molar-refractivity contribution in [2.45, 2.75) is 29.9 Å². The van der Waals surface area contributed by atoms with E-state index in [2.05, 4.69) is 11.8 Å². The Morgan fingerprint density at radius 1 is 1.07 bits per heavy atom. The van der Waals surface area contributed by atoms with Crippen LogP contribution in [0.25, 0.3) is 0 Å². The van der Waals surface area contributed by atoms with E-state index >= 15 is 0 Å². The fourth-order valence-electron chi connectivity index (χ4n) is 3.24. The number of sulfone groups is 1. The highest BCUT2D eigenvalue weighted by Crippen LogP contribution is 2.26. The summed E-state index contributed by atoms with van der Waals surface area (Å²) in [6, 6.07) is 15.5. The zero-order valence-corrected chi connectivity index (χ0v) is 16.6. The van der Waals surface area contributed by atoms with Crippen molar-refractivity contribution in [2.75, 3.05) is 19.7 Å². The van der Waals surface area contributed by atoms with Crippen molar-refractivity contribution in [2.24, 2.45) is 0 Å². The van der Waals surface area contributed by atoms with Crippen molar-refractivity contribution in [3.8, 4) is 17.6 Å². The summed E-state index contributed by atoms with van der Waals surface area (Å²) in [6.45, 7) is 2.89. The molecule has 1 aliphatic heterocycles. The van der Waals surface area contributed by atoms with Crippen LogP contribution in [0, 0.1) is 11.8 Å². The number of likely N-dealkylation sites (tertiary alicyclic amines) is 1. The first-order valence-corrected chi connectivity index (χ1v) is 10.8. The molecule has 0 radical (unpaired) electrons. The van der Waals surface area contributed by atoms with Crippen molar-refractivity contribution in [1.82, 2.24) is 4.90 Å². The number of piperidine rings is 1. The van der Waals surface area contributed by atoms with Crippen LogP contribution in [0.5, 0.6) is 5.75 Å². The van der Waals surface area contributed by atoms with Crippen LogP contribution in [0.4, 0.5) is 0 Å². The number of amides is 1. The van der Waals surface area contributed by atoms with E-state index in [1.165, 1.54) is 0 Å². The molecule has 5 nitrogen and oxygen atoms in total. The second kappa shape index (κ2) is 8.94. The molecule has 1 amide bonds. The van der Waals surface area contributed by atoms with Crippen LogP contribution in [0.15, 0.2) is 59.5 Å². The quantitative estimate of drug-likeness (QED) is 0.727. The molecule has 0 aliphatic carbocycles. The number of carbonyl (C=O) groups is 1. The van der Waals surface area contributed by atoms with E-state index in [-0.39, 0.29) is 17.4 Å². The average Bonchev–Trinajstić information content (AvgIpc) is 2.74. The summed E-state index contributed by atoms with van der Waals surface area (Å²) in [5.41, 5.74) is 0.632. The van der Waals surface area contributed by atoms with Crippen LogP contribution in [0.2, 0.25) is 0 Å². The number of hydrogen-bond acceptors (Lipinski definition) is 4. The van der Waals surface area contributed by atoms with Crippen molar-refractivity contribution in [3.63, 3.8) is 0 Å². The molecule has 0 saturated carbocycles. The predicted octanol–water partition coefficient (Wildman–Crippen LogP) is 3.17. The Labute approximate surface area is 166 Å². The maximum absolute atomic E-state index is 12.9. The first-order chi connectivity index (χ1) is 13.5. The highest BCUT2D eigenvalue weighted by molar-refractivity contribution is 7.92. The molecule has 0 unspecified atom stereocenters. The monoisotopic (exact) mass is 397 g/mol. The zero-order chi connectivity index (χ0) is 20.0. The van der Waals surface area contributed by atoms with Crippen LogP contribution in [0.1, 0.15) is 30.1 Å². The lowest BCUT2D eigenvalue weighted by molar-refractivity contribution is 0.0725. The number of carbonyl (C=O) groups excluding carboxylic acids is 1. The summed E-state index contributed by atoms with van der Waals surface area (Å²) >= 11 is 0. The Hall–Kier alpha value is -2.78. The molecule has 0 bridgehead atoms. The van der Waals surface area contributed by atoms with Crippen molar-refractivity contribution in [3.05, 3.63) is 60.2 Å². The van der Waals surface area contributed by atoms with E-state index in [4.69, 9.17) is 4.74 Å². The summed E-state index contributed by atoms with van der Waals surface area (Å²) in [7, 11) is -3.44. The SMILES string of the molecule is CC#CCOc1ccc(S(=O)(=O)C2CCN(C(=O)c3ccccc3)CC2)cc1. The number of hydrogen-bond donors (Lipinski definition) is 0. The van der Waals surface area contributed by atoms with Gasteiger partial charge < -0.3 is 9.64 Å². The molecular weight excluding hydrogens is 374 g/mol. The third kappa shape index (κ3) is 4.55. The van der Waals surface area contributed by atoms with Gasteiger partial charge in [-0.3, -0.25) is 4.79 Å². The van der Waals surface area contributed by atoms with E-state index < -0.39 is 15.1 Å². The molecule has 1 saturated heterocycles. The number of benzene rings is 2. The van der Waals surface area contributed by atoms with Crippen molar-refractivity contribution < 1.29 is 17.9 Å². The molecule has 0 atom stereocenters. The fraction of sp³-hybridized carbons (Fsp3) is 0.318. The maximum atomic E-state index is 12.9. The Morgan fingerprint density at radius 3 is 2.32 bits per heavy atom. The van der Waals surface area contributed by atoms with Crippen LogP contribution in [0.3, 0.4) is 0 Å². The predicted molar refractivity (Wildman–Crippen MR) is 108 cm³/mol. The molecule has 3 rings (SSSR count). The lowest BCUT2D eigenvalue weighted by Gasteiger charge is -2.31. The molecule has 28 heavy (non-hydrogen) atoms.